The minimum absolute atomic E-state index is 0.0284. The summed E-state index contributed by atoms with van der Waals surface area (Å²) in [6.45, 7) is 8.52. The normalized spacial score (nSPS) is 12.6. The lowest BCUT2D eigenvalue weighted by Crippen LogP contribution is -2.19. The maximum atomic E-state index is 12.5. The molecule has 0 amide bonds. The summed E-state index contributed by atoms with van der Waals surface area (Å²) in [5.41, 5.74) is 0.789. The van der Waals surface area contributed by atoms with Crippen LogP contribution in [0.15, 0.2) is 18.2 Å². The van der Waals surface area contributed by atoms with Gasteiger partial charge in [0.1, 0.15) is 0 Å². The molecule has 0 saturated heterocycles. The summed E-state index contributed by atoms with van der Waals surface area (Å²) in [6.07, 6.45) is -4.29. The quantitative estimate of drug-likeness (QED) is 0.810. The van der Waals surface area contributed by atoms with Crippen LogP contribution in [-0.2, 0) is 6.18 Å². The highest BCUT2D eigenvalue weighted by Gasteiger charge is 2.30. The van der Waals surface area contributed by atoms with Crippen molar-refractivity contribution in [3.05, 3.63) is 29.3 Å². The smallest absolute Gasteiger partial charge is 0.384 e. The fourth-order valence-corrected chi connectivity index (χ4v) is 1.35. The molecule has 0 unspecified atom stereocenters. The van der Waals surface area contributed by atoms with E-state index in [1.165, 1.54) is 12.1 Å². The monoisotopic (exact) mass is 245 g/mol. The predicted molar refractivity (Wildman–Crippen MR) is 64.1 cm³/mol. The number of alkyl halides is 3. The van der Waals surface area contributed by atoms with Crippen molar-refractivity contribution in [3.8, 4) is 0 Å². The molecule has 4 heteroatoms. The van der Waals surface area contributed by atoms with Crippen LogP contribution in [0, 0.1) is 12.3 Å². The highest BCUT2D eigenvalue weighted by Crippen LogP contribution is 2.32. The third kappa shape index (κ3) is 4.29. The molecule has 0 atom stereocenters. The minimum atomic E-state index is -4.29. The number of aryl methyl sites for hydroxylation is 1. The molecule has 0 spiro atoms. The first-order chi connectivity index (χ1) is 7.59. The lowest BCUT2D eigenvalue weighted by atomic mass is 9.96. The van der Waals surface area contributed by atoms with E-state index in [1.54, 1.807) is 6.92 Å². The van der Waals surface area contributed by atoms with Crippen LogP contribution in [0.25, 0.3) is 0 Å². The number of nitrogens with one attached hydrogen (secondary N) is 1. The number of anilines is 1. The predicted octanol–water partition coefficient (Wildman–Crippen LogP) is 4.47. The van der Waals surface area contributed by atoms with Crippen LogP contribution in [0.3, 0.4) is 0 Å². The molecule has 0 bridgehead atoms. The molecule has 1 N–H and O–H groups in total. The second-order valence-electron chi connectivity index (χ2n) is 5.44. The first kappa shape index (κ1) is 13.9. The largest absolute Gasteiger partial charge is 0.416 e. The molecule has 0 heterocycles. The number of hydrogen-bond donors (Lipinski definition) is 1. The second-order valence-corrected chi connectivity index (χ2v) is 5.44. The Bertz CT molecular complexity index is 389. The molecular formula is C13H18F3N. The van der Waals surface area contributed by atoms with Crippen molar-refractivity contribution in [1.82, 2.24) is 0 Å². The van der Waals surface area contributed by atoms with Crippen molar-refractivity contribution in [2.75, 3.05) is 11.9 Å². The molecule has 17 heavy (non-hydrogen) atoms. The molecule has 0 fully saturated rings. The standard InChI is InChI=1S/C13H18F3N/c1-9-5-6-10(13(14,15)16)7-11(9)17-8-12(2,3)4/h5-7,17H,8H2,1-4H3. The van der Waals surface area contributed by atoms with E-state index in [-0.39, 0.29) is 5.41 Å². The van der Waals surface area contributed by atoms with Gasteiger partial charge < -0.3 is 5.32 Å². The molecule has 1 aromatic carbocycles. The Morgan fingerprint density at radius 1 is 1.12 bits per heavy atom. The van der Waals surface area contributed by atoms with Crippen LogP contribution >= 0.6 is 0 Å². The SMILES string of the molecule is Cc1ccc(C(F)(F)F)cc1NCC(C)(C)C. The van der Waals surface area contributed by atoms with Gasteiger partial charge in [-0.2, -0.15) is 13.2 Å². The zero-order valence-corrected chi connectivity index (χ0v) is 10.6. The zero-order valence-electron chi connectivity index (χ0n) is 10.6. The molecule has 0 aliphatic heterocycles. The average molecular weight is 245 g/mol. The molecule has 0 radical (unpaired) electrons. The highest BCUT2D eigenvalue weighted by atomic mass is 19.4. The van der Waals surface area contributed by atoms with Crippen LogP contribution in [0.2, 0.25) is 0 Å². The van der Waals surface area contributed by atoms with E-state index >= 15 is 0 Å². The summed E-state index contributed by atoms with van der Waals surface area (Å²) in [5, 5.41) is 3.07. The second kappa shape index (κ2) is 4.59. The molecule has 0 aliphatic carbocycles. The summed E-state index contributed by atoms with van der Waals surface area (Å²) in [5.74, 6) is 0. The van der Waals surface area contributed by atoms with Gasteiger partial charge in [-0.3, -0.25) is 0 Å². The maximum absolute atomic E-state index is 12.5. The minimum Gasteiger partial charge on any atom is -0.384 e. The van der Waals surface area contributed by atoms with Gasteiger partial charge in [-0.15, -0.1) is 0 Å². The maximum Gasteiger partial charge on any atom is 0.416 e. The van der Waals surface area contributed by atoms with E-state index in [4.69, 9.17) is 0 Å². The first-order valence-electron chi connectivity index (χ1n) is 5.51. The Labute approximate surface area is 100 Å². The van der Waals surface area contributed by atoms with Gasteiger partial charge in [0.15, 0.2) is 0 Å². The fraction of sp³-hybridized carbons (Fsp3) is 0.538. The lowest BCUT2D eigenvalue weighted by molar-refractivity contribution is -0.137. The number of hydrogen-bond acceptors (Lipinski definition) is 1. The molecule has 0 aromatic heterocycles. The van der Waals surface area contributed by atoms with Crippen molar-refractivity contribution >= 4 is 5.69 Å². The Kier molecular flexibility index (Phi) is 3.74. The molecule has 0 aliphatic rings. The van der Waals surface area contributed by atoms with Crippen molar-refractivity contribution < 1.29 is 13.2 Å². The number of halogens is 3. The van der Waals surface area contributed by atoms with E-state index in [2.05, 4.69) is 5.32 Å². The van der Waals surface area contributed by atoms with Crippen molar-refractivity contribution in [2.24, 2.45) is 5.41 Å². The van der Waals surface area contributed by atoms with Gasteiger partial charge in [0.25, 0.3) is 0 Å². The Morgan fingerprint density at radius 3 is 2.18 bits per heavy atom. The van der Waals surface area contributed by atoms with Gasteiger partial charge in [-0.1, -0.05) is 26.8 Å². The Balaban J connectivity index is 2.92. The Morgan fingerprint density at radius 2 is 1.71 bits per heavy atom. The van der Waals surface area contributed by atoms with Crippen LogP contribution < -0.4 is 5.32 Å². The van der Waals surface area contributed by atoms with Gasteiger partial charge in [0.05, 0.1) is 5.56 Å². The van der Waals surface area contributed by atoms with Crippen molar-refractivity contribution in [1.29, 1.82) is 0 Å². The van der Waals surface area contributed by atoms with E-state index in [0.717, 1.165) is 11.6 Å². The summed E-state index contributed by atoms with van der Waals surface area (Å²) < 4.78 is 37.6. The zero-order chi connectivity index (χ0) is 13.3. The first-order valence-corrected chi connectivity index (χ1v) is 5.51. The van der Waals surface area contributed by atoms with Crippen molar-refractivity contribution in [2.45, 2.75) is 33.9 Å². The van der Waals surface area contributed by atoms with Crippen LogP contribution in [0.1, 0.15) is 31.9 Å². The van der Waals surface area contributed by atoms with Gasteiger partial charge in [0, 0.05) is 12.2 Å². The fourth-order valence-electron chi connectivity index (χ4n) is 1.35. The highest BCUT2D eigenvalue weighted by molar-refractivity contribution is 5.53. The molecule has 0 saturated carbocycles. The molecular weight excluding hydrogens is 227 g/mol. The summed E-state index contributed by atoms with van der Waals surface area (Å²) >= 11 is 0. The third-order valence-corrected chi connectivity index (χ3v) is 2.37. The van der Waals surface area contributed by atoms with Gasteiger partial charge in [-0.25, -0.2) is 0 Å². The van der Waals surface area contributed by atoms with Crippen LogP contribution in [0.5, 0.6) is 0 Å². The average Bonchev–Trinajstić information content (AvgIpc) is 2.13. The van der Waals surface area contributed by atoms with E-state index < -0.39 is 11.7 Å². The lowest BCUT2D eigenvalue weighted by Gasteiger charge is -2.21. The van der Waals surface area contributed by atoms with E-state index in [1.807, 2.05) is 20.8 Å². The van der Waals surface area contributed by atoms with Crippen LogP contribution in [-0.4, -0.2) is 6.54 Å². The molecule has 1 nitrogen and oxygen atoms in total. The van der Waals surface area contributed by atoms with Gasteiger partial charge in [-0.05, 0) is 30.0 Å². The van der Waals surface area contributed by atoms with Gasteiger partial charge in [0.2, 0.25) is 0 Å². The van der Waals surface area contributed by atoms with Gasteiger partial charge >= 0.3 is 6.18 Å². The van der Waals surface area contributed by atoms with E-state index in [0.29, 0.717) is 12.2 Å². The van der Waals surface area contributed by atoms with E-state index in [9.17, 15) is 13.2 Å². The molecule has 96 valence electrons. The number of benzene rings is 1. The Hall–Kier alpha value is -1.19. The topological polar surface area (TPSA) is 12.0 Å². The molecule has 1 aromatic rings. The van der Waals surface area contributed by atoms with Crippen molar-refractivity contribution in [3.63, 3.8) is 0 Å². The third-order valence-electron chi connectivity index (χ3n) is 2.37. The molecule has 1 rings (SSSR count). The summed E-state index contributed by atoms with van der Waals surface area (Å²) in [7, 11) is 0. The summed E-state index contributed by atoms with van der Waals surface area (Å²) in [6, 6.07) is 3.77. The van der Waals surface area contributed by atoms with Crippen LogP contribution in [0.4, 0.5) is 18.9 Å². The summed E-state index contributed by atoms with van der Waals surface area (Å²) in [4.78, 5) is 0. The number of rotatable bonds is 2.